The van der Waals surface area contributed by atoms with Crippen LogP contribution in [0, 0.1) is 10.5 Å². The molecule has 0 saturated heterocycles. The van der Waals surface area contributed by atoms with Crippen LogP contribution >= 0.6 is 22.6 Å². The van der Waals surface area contributed by atoms with E-state index in [1.165, 1.54) is 22.0 Å². The smallest absolute Gasteiger partial charge is 0.133 e. The molecule has 1 aliphatic rings. The van der Waals surface area contributed by atoms with E-state index in [2.05, 4.69) is 47.7 Å². The predicted molar refractivity (Wildman–Crippen MR) is 57.5 cm³/mol. The van der Waals surface area contributed by atoms with Crippen molar-refractivity contribution in [1.29, 1.82) is 0 Å². The fraction of sp³-hybridized carbons (Fsp3) is 0.400. The van der Waals surface area contributed by atoms with Crippen LogP contribution in [0.15, 0.2) is 18.2 Å². The zero-order valence-electron chi connectivity index (χ0n) is 7.01. The van der Waals surface area contributed by atoms with Crippen molar-refractivity contribution in [1.82, 2.24) is 0 Å². The Hall–Kier alpha value is -0.250. The summed E-state index contributed by atoms with van der Waals surface area (Å²) in [7, 11) is 0. The number of hydrogen-bond donors (Lipinski definition) is 0. The number of aryl methyl sites for hydroxylation is 1. The lowest BCUT2D eigenvalue weighted by Crippen LogP contribution is -1.97. The van der Waals surface area contributed by atoms with Gasteiger partial charge in [0.2, 0.25) is 0 Å². The standard InChI is InChI=1S/C10H11IO/c1-7-2-5-9(11)10(6-7)12-8-3-4-8/h2,5-6,8H,3-4H2,1H3. The molecule has 1 saturated carbocycles. The number of benzene rings is 1. The summed E-state index contributed by atoms with van der Waals surface area (Å²) in [4.78, 5) is 0. The summed E-state index contributed by atoms with van der Waals surface area (Å²) >= 11 is 2.31. The van der Waals surface area contributed by atoms with Crippen molar-refractivity contribution in [2.24, 2.45) is 0 Å². The zero-order valence-corrected chi connectivity index (χ0v) is 9.17. The minimum Gasteiger partial charge on any atom is -0.489 e. The van der Waals surface area contributed by atoms with Gasteiger partial charge in [0.25, 0.3) is 0 Å². The van der Waals surface area contributed by atoms with Gasteiger partial charge in [0.1, 0.15) is 5.75 Å². The molecule has 1 fully saturated rings. The first kappa shape index (κ1) is 8.35. The fourth-order valence-corrected chi connectivity index (χ4v) is 1.53. The van der Waals surface area contributed by atoms with E-state index in [1.807, 2.05) is 0 Å². The number of rotatable bonds is 2. The van der Waals surface area contributed by atoms with Gasteiger partial charge in [-0.15, -0.1) is 0 Å². The summed E-state index contributed by atoms with van der Waals surface area (Å²) in [5.41, 5.74) is 1.27. The van der Waals surface area contributed by atoms with Crippen LogP contribution in [-0.4, -0.2) is 6.10 Å². The van der Waals surface area contributed by atoms with Gasteiger partial charge in [0, 0.05) is 0 Å². The maximum atomic E-state index is 5.73. The van der Waals surface area contributed by atoms with Crippen molar-refractivity contribution in [3.63, 3.8) is 0 Å². The van der Waals surface area contributed by atoms with E-state index < -0.39 is 0 Å². The minimum absolute atomic E-state index is 0.500. The van der Waals surface area contributed by atoms with Crippen LogP contribution in [0.25, 0.3) is 0 Å². The van der Waals surface area contributed by atoms with E-state index in [4.69, 9.17) is 4.74 Å². The molecule has 0 radical (unpaired) electrons. The molecular weight excluding hydrogens is 263 g/mol. The van der Waals surface area contributed by atoms with Gasteiger partial charge in [-0.2, -0.15) is 0 Å². The molecule has 0 N–H and O–H groups in total. The highest BCUT2D eigenvalue weighted by Gasteiger charge is 2.24. The van der Waals surface area contributed by atoms with Gasteiger partial charge < -0.3 is 4.74 Å². The third-order valence-corrected chi connectivity index (χ3v) is 2.80. The van der Waals surface area contributed by atoms with Crippen LogP contribution in [0.2, 0.25) is 0 Å². The summed E-state index contributed by atoms with van der Waals surface area (Å²) < 4.78 is 6.94. The Morgan fingerprint density at radius 2 is 2.17 bits per heavy atom. The van der Waals surface area contributed by atoms with Crippen LogP contribution in [0.5, 0.6) is 5.75 Å². The first-order chi connectivity index (χ1) is 5.75. The molecule has 1 aromatic rings. The average Bonchev–Trinajstić information content (AvgIpc) is 2.81. The van der Waals surface area contributed by atoms with Crippen molar-refractivity contribution < 1.29 is 4.74 Å². The summed E-state index contributed by atoms with van der Waals surface area (Å²) in [6.45, 7) is 2.09. The molecule has 12 heavy (non-hydrogen) atoms. The quantitative estimate of drug-likeness (QED) is 0.753. The van der Waals surface area contributed by atoms with Crippen molar-refractivity contribution >= 4 is 22.6 Å². The third kappa shape index (κ3) is 1.91. The van der Waals surface area contributed by atoms with E-state index in [-0.39, 0.29) is 0 Å². The Balaban J connectivity index is 2.21. The van der Waals surface area contributed by atoms with Gasteiger partial charge in [0.15, 0.2) is 0 Å². The highest BCUT2D eigenvalue weighted by Crippen LogP contribution is 2.30. The normalized spacial score (nSPS) is 16.2. The van der Waals surface area contributed by atoms with Crippen molar-refractivity contribution in [3.8, 4) is 5.75 Å². The molecule has 2 rings (SSSR count). The summed E-state index contributed by atoms with van der Waals surface area (Å²) in [5, 5.41) is 0. The van der Waals surface area contributed by atoms with Crippen LogP contribution in [-0.2, 0) is 0 Å². The van der Waals surface area contributed by atoms with Gasteiger partial charge >= 0.3 is 0 Å². The molecule has 0 atom stereocenters. The molecule has 2 heteroatoms. The van der Waals surface area contributed by atoms with E-state index in [0.717, 1.165) is 5.75 Å². The Bertz CT molecular complexity index is 292. The molecule has 64 valence electrons. The summed E-state index contributed by atoms with van der Waals surface area (Å²) in [6, 6.07) is 6.33. The number of halogens is 1. The molecule has 0 aliphatic heterocycles. The first-order valence-electron chi connectivity index (χ1n) is 4.18. The van der Waals surface area contributed by atoms with Crippen molar-refractivity contribution in [3.05, 3.63) is 27.3 Å². The van der Waals surface area contributed by atoms with Gasteiger partial charge in [0.05, 0.1) is 9.67 Å². The Morgan fingerprint density at radius 1 is 1.42 bits per heavy atom. The molecule has 0 amide bonds. The lowest BCUT2D eigenvalue weighted by molar-refractivity contribution is 0.301. The lowest BCUT2D eigenvalue weighted by Gasteiger charge is -2.06. The van der Waals surface area contributed by atoms with E-state index in [0.29, 0.717) is 6.10 Å². The van der Waals surface area contributed by atoms with E-state index in [1.54, 1.807) is 0 Å². The molecule has 0 bridgehead atoms. The predicted octanol–water partition coefficient (Wildman–Crippen LogP) is 3.14. The lowest BCUT2D eigenvalue weighted by atomic mass is 10.2. The first-order valence-corrected chi connectivity index (χ1v) is 5.26. The highest BCUT2D eigenvalue weighted by atomic mass is 127. The van der Waals surface area contributed by atoms with Gasteiger partial charge in [-0.05, 0) is 60.1 Å². The van der Waals surface area contributed by atoms with Crippen molar-refractivity contribution in [2.75, 3.05) is 0 Å². The molecule has 0 aromatic heterocycles. The SMILES string of the molecule is Cc1ccc(I)c(OC2CC2)c1. The summed E-state index contributed by atoms with van der Waals surface area (Å²) in [5.74, 6) is 1.05. The van der Waals surface area contributed by atoms with Crippen LogP contribution in [0.3, 0.4) is 0 Å². The molecule has 0 heterocycles. The maximum absolute atomic E-state index is 5.73. The number of ether oxygens (including phenoxy) is 1. The Morgan fingerprint density at radius 3 is 2.83 bits per heavy atom. The fourth-order valence-electron chi connectivity index (χ4n) is 1.07. The van der Waals surface area contributed by atoms with Crippen LogP contribution < -0.4 is 4.74 Å². The largest absolute Gasteiger partial charge is 0.489 e. The van der Waals surface area contributed by atoms with Crippen LogP contribution in [0.4, 0.5) is 0 Å². The number of hydrogen-bond acceptors (Lipinski definition) is 1. The van der Waals surface area contributed by atoms with Crippen molar-refractivity contribution in [2.45, 2.75) is 25.9 Å². The molecule has 1 aliphatic carbocycles. The van der Waals surface area contributed by atoms with E-state index >= 15 is 0 Å². The molecule has 0 unspecified atom stereocenters. The molecule has 0 spiro atoms. The second kappa shape index (κ2) is 3.24. The second-order valence-electron chi connectivity index (χ2n) is 3.25. The summed E-state index contributed by atoms with van der Waals surface area (Å²) in [6.07, 6.45) is 2.95. The highest BCUT2D eigenvalue weighted by molar-refractivity contribution is 14.1. The Labute approximate surface area is 86.3 Å². The van der Waals surface area contributed by atoms with Gasteiger partial charge in [-0.3, -0.25) is 0 Å². The van der Waals surface area contributed by atoms with Crippen LogP contribution in [0.1, 0.15) is 18.4 Å². The Kier molecular flexibility index (Phi) is 2.26. The van der Waals surface area contributed by atoms with Gasteiger partial charge in [-0.1, -0.05) is 6.07 Å². The van der Waals surface area contributed by atoms with E-state index in [9.17, 15) is 0 Å². The minimum atomic E-state index is 0.500. The second-order valence-corrected chi connectivity index (χ2v) is 4.41. The topological polar surface area (TPSA) is 9.23 Å². The maximum Gasteiger partial charge on any atom is 0.133 e. The molecule has 1 nitrogen and oxygen atoms in total. The third-order valence-electron chi connectivity index (χ3n) is 1.90. The molecule has 1 aromatic carbocycles. The zero-order chi connectivity index (χ0) is 8.55. The van der Waals surface area contributed by atoms with Gasteiger partial charge in [-0.25, -0.2) is 0 Å². The average molecular weight is 274 g/mol. The molecular formula is C10H11IO. The monoisotopic (exact) mass is 274 g/mol.